The van der Waals surface area contributed by atoms with Crippen LogP contribution in [0.2, 0.25) is 4.34 Å². The number of aromatic nitrogens is 1. The molecule has 0 aromatic carbocycles. The van der Waals surface area contributed by atoms with Gasteiger partial charge in [0.05, 0.1) is 4.34 Å². The summed E-state index contributed by atoms with van der Waals surface area (Å²) in [4.78, 5) is 16.7. The van der Waals surface area contributed by atoms with Gasteiger partial charge < -0.3 is 5.32 Å². The van der Waals surface area contributed by atoms with E-state index in [0.29, 0.717) is 6.54 Å². The quantitative estimate of drug-likeness (QED) is 0.860. The van der Waals surface area contributed by atoms with Crippen molar-refractivity contribution < 1.29 is 4.79 Å². The summed E-state index contributed by atoms with van der Waals surface area (Å²) in [5.41, 5.74) is 0.969. The molecule has 1 amide bonds. The van der Waals surface area contributed by atoms with E-state index in [4.69, 9.17) is 11.6 Å². The largest absolute Gasteiger partial charge is 0.352 e. The number of hydrogen-bond acceptors (Lipinski definition) is 3. The van der Waals surface area contributed by atoms with Crippen LogP contribution in [0.1, 0.15) is 10.6 Å². The van der Waals surface area contributed by atoms with Crippen LogP contribution < -0.4 is 5.32 Å². The molecule has 0 fully saturated rings. The predicted molar refractivity (Wildman–Crippen MR) is 79.3 cm³/mol. The third-order valence-electron chi connectivity index (χ3n) is 2.40. The van der Waals surface area contributed by atoms with Crippen molar-refractivity contribution >= 4 is 34.9 Å². The summed E-state index contributed by atoms with van der Waals surface area (Å²) in [5.74, 6) is -0.111. The summed E-state index contributed by atoms with van der Waals surface area (Å²) in [6.07, 6.45) is 5.75. The smallest absolute Gasteiger partial charge is 0.244 e. The number of halogens is 1. The van der Waals surface area contributed by atoms with Crippen molar-refractivity contribution in [1.29, 1.82) is 0 Å². The SMILES string of the molecule is O=C(C=Cc1ccc(Cl)s1)NCCc1ccccn1. The van der Waals surface area contributed by atoms with Crippen LogP contribution in [0.3, 0.4) is 0 Å². The Morgan fingerprint density at radius 3 is 2.95 bits per heavy atom. The lowest BCUT2D eigenvalue weighted by atomic mass is 10.3. The van der Waals surface area contributed by atoms with Gasteiger partial charge in [0.15, 0.2) is 0 Å². The molecule has 0 unspecified atom stereocenters. The summed E-state index contributed by atoms with van der Waals surface area (Å²) in [6, 6.07) is 9.44. The van der Waals surface area contributed by atoms with Crippen LogP contribution in [0, 0.1) is 0 Å². The van der Waals surface area contributed by atoms with Gasteiger partial charge in [-0.3, -0.25) is 9.78 Å². The third-order valence-corrected chi connectivity index (χ3v) is 3.60. The Balaban J connectivity index is 1.74. The second kappa shape index (κ2) is 7.07. The summed E-state index contributed by atoms with van der Waals surface area (Å²) in [6.45, 7) is 0.575. The van der Waals surface area contributed by atoms with Crippen molar-refractivity contribution in [2.45, 2.75) is 6.42 Å². The van der Waals surface area contributed by atoms with E-state index in [-0.39, 0.29) is 5.91 Å². The maximum Gasteiger partial charge on any atom is 0.244 e. The molecule has 98 valence electrons. The van der Waals surface area contributed by atoms with Crippen LogP contribution in [-0.2, 0) is 11.2 Å². The van der Waals surface area contributed by atoms with Gasteiger partial charge >= 0.3 is 0 Å². The molecule has 0 radical (unpaired) electrons. The fourth-order valence-electron chi connectivity index (χ4n) is 1.49. The molecule has 3 nitrogen and oxygen atoms in total. The van der Waals surface area contributed by atoms with Gasteiger partial charge in [0.25, 0.3) is 0 Å². The average molecular weight is 293 g/mol. The molecule has 0 atom stereocenters. The number of nitrogens with one attached hydrogen (secondary N) is 1. The van der Waals surface area contributed by atoms with E-state index >= 15 is 0 Å². The Morgan fingerprint density at radius 2 is 2.26 bits per heavy atom. The zero-order chi connectivity index (χ0) is 13.5. The van der Waals surface area contributed by atoms with Crippen LogP contribution >= 0.6 is 22.9 Å². The van der Waals surface area contributed by atoms with Crippen LogP contribution in [0.25, 0.3) is 6.08 Å². The average Bonchev–Trinajstić information content (AvgIpc) is 2.83. The van der Waals surface area contributed by atoms with Crippen molar-refractivity contribution in [1.82, 2.24) is 10.3 Å². The van der Waals surface area contributed by atoms with E-state index in [1.54, 1.807) is 12.3 Å². The Labute approximate surface area is 120 Å². The molecular weight excluding hydrogens is 280 g/mol. The molecule has 2 rings (SSSR count). The molecule has 2 aromatic rings. The number of carbonyl (C=O) groups excluding carboxylic acids is 1. The van der Waals surface area contributed by atoms with E-state index in [1.165, 1.54) is 17.4 Å². The van der Waals surface area contributed by atoms with E-state index in [0.717, 1.165) is 21.3 Å². The number of thiophene rings is 1. The first-order valence-electron chi connectivity index (χ1n) is 5.85. The highest BCUT2D eigenvalue weighted by atomic mass is 35.5. The molecule has 0 aliphatic carbocycles. The van der Waals surface area contributed by atoms with Gasteiger partial charge in [0, 0.05) is 35.8 Å². The lowest BCUT2D eigenvalue weighted by molar-refractivity contribution is -0.116. The van der Waals surface area contributed by atoms with Crippen LogP contribution in [-0.4, -0.2) is 17.4 Å². The number of nitrogens with zero attached hydrogens (tertiary/aromatic N) is 1. The molecule has 1 N–H and O–H groups in total. The fourth-order valence-corrected chi connectivity index (χ4v) is 2.46. The first-order chi connectivity index (χ1) is 9.24. The van der Waals surface area contributed by atoms with Crippen LogP contribution in [0.5, 0.6) is 0 Å². The van der Waals surface area contributed by atoms with Crippen molar-refractivity contribution in [2.24, 2.45) is 0 Å². The minimum Gasteiger partial charge on any atom is -0.352 e. The molecule has 0 spiro atoms. The molecule has 19 heavy (non-hydrogen) atoms. The van der Waals surface area contributed by atoms with Gasteiger partial charge in [-0.2, -0.15) is 0 Å². The first kappa shape index (κ1) is 13.8. The zero-order valence-electron chi connectivity index (χ0n) is 10.2. The minimum absolute atomic E-state index is 0.111. The standard InChI is InChI=1S/C14H13ClN2OS/c15-13-6-4-12(19-13)5-7-14(18)17-10-8-11-3-1-2-9-16-11/h1-7,9H,8,10H2,(H,17,18). The molecular formula is C14H13ClN2OS. The Hall–Kier alpha value is -1.65. The molecule has 2 aromatic heterocycles. The fraction of sp³-hybridized carbons (Fsp3) is 0.143. The van der Waals surface area contributed by atoms with Gasteiger partial charge in [-0.25, -0.2) is 0 Å². The third kappa shape index (κ3) is 4.85. The van der Waals surface area contributed by atoms with Gasteiger partial charge in [-0.15, -0.1) is 11.3 Å². The van der Waals surface area contributed by atoms with Crippen molar-refractivity contribution in [3.8, 4) is 0 Å². The van der Waals surface area contributed by atoms with Gasteiger partial charge in [0.1, 0.15) is 0 Å². The summed E-state index contributed by atoms with van der Waals surface area (Å²) >= 11 is 7.24. The lowest BCUT2D eigenvalue weighted by Gasteiger charge is -2.01. The molecule has 5 heteroatoms. The Bertz CT molecular complexity index is 566. The van der Waals surface area contributed by atoms with Crippen LogP contribution in [0.4, 0.5) is 0 Å². The number of pyridine rings is 1. The highest BCUT2D eigenvalue weighted by molar-refractivity contribution is 7.17. The van der Waals surface area contributed by atoms with E-state index < -0.39 is 0 Å². The predicted octanol–water partition coefficient (Wildman–Crippen LogP) is 3.17. The lowest BCUT2D eigenvalue weighted by Crippen LogP contribution is -2.23. The maximum absolute atomic E-state index is 11.6. The molecule has 0 aliphatic heterocycles. The van der Waals surface area contributed by atoms with Crippen molar-refractivity contribution in [3.63, 3.8) is 0 Å². The molecule has 0 saturated heterocycles. The van der Waals surface area contributed by atoms with E-state index in [2.05, 4.69) is 10.3 Å². The van der Waals surface area contributed by atoms with Gasteiger partial charge in [-0.05, 0) is 30.3 Å². The summed E-state index contributed by atoms with van der Waals surface area (Å²) in [7, 11) is 0. The number of amides is 1. The van der Waals surface area contributed by atoms with E-state index in [1.807, 2.05) is 30.3 Å². The summed E-state index contributed by atoms with van der Waals surface area (Å²) < 4.78 is 0.718. The van der Waals surface area contributed by atoms with Crippen molar-refractivity contribution in [2.75, 3.05) is 6.54 Å². The maximum atomic E-state index is 11.6. The highest BCUT2D eigenvalue weighted by Gasteiger charge is 1.98. The van der Waals surface area contributed by atoms with Gasteiger partial charge in [0.2, 0.25) is 5.91 Å². The number of rotatable bonds is 5. The Morgan fingerprint density at radius 1 is 1.37 bits per heavy atom. The zero-order valence-corrected chi connectivity index (χ0v) is 11.7. The molecule has 0 bridgehead atoms. The number of hydrogen-bond donors (Lipinski definition) is 1. The monoisotopic (exact) mass is 292 g/mol. The summed E-state index contributed by atoms with van der Waals surface area (Å²) in [5, 5.41) is 2.81. The Kier molecular flexibility index (Phi) is 5.12. The van der Waals surface area contributed by atoms with E-state index in [9.17, 15) is 4.79 Å². The molecule has 2 heterocycles. The normalized spacial score (nSPS) is 10.8. The molecule has 0 aliphatic rings. The van der Waals surface area contributed by atoms with Crippen molar-refractivity contribution in [3.05, 3.63) is 57.5 Å². The van der Waals surface area contributed by atoms with Crippen LogP contribution in [0.15, 0.2) is 42.6 Å². The second-order valence-corrected chi connectivity index (χ2v) is 5.58. The van der Waals surface area contributed by atoms with Gasteiger partial charge in [-0.1, -0.05) is 17.7 Å². The highest BCUT2D eigenvalue weighted by Crippen LogP contribution is 2.22. The second-order valence-electron chi connectivity index (χ2n) is 3.84. The molecule has 0 saturated carbocycles. The minimum atomic E-state index is -0.111. The number of carbonyl (C=O) groups is 1. The first-order valence-corrected chi connectivity index (χ1v) is 7.04. The topological polar surface area (TPSA) is 42.0 Å².